The Balaban J connectivity index is 1.54. The molecule has 4 aliphatic rings. The zero-order valence-corrected chi connectivity index (χ0v) is 23.2. The Morgan fingerprint density at radius 3 is 2.65 bits per heavy atom. The summed E-state index contributed by atoms with van der Waals surface area (Å²) in [5.41, 5.74) is -1.85. The molecule has 0 amide bonds. The van der Waals surface area contributed by atoms with Gasteiger partial charge in [0.25, 0.3) is 5.76 Å². The van der Waals surface area contributed by atoms with E-state index < -0.39 is 51.5 Å². The fraction of sp³-hybridized carbons (Fsp3) is 0.586. The van der Waals surface area contributed by atoms with Gasteiger partial charge in [0.15, 0.2) is 17.1 Å². The number of alkyl halides is 3. The van der Waals surface area contributed by atoms with Crippen molar-refractivity contribution in [3.05, 3.63) is 41.4 Å². The minimum Gasteiger partial charge on any atom is -0.504 e. The number of esters is 1. The second-order valence-electron chi connectivity index (χ2n) is 11.9. The minimum atomic E-state index is -4.94. The van der Waals surface area contributed by atoms with Crippen molar-refractivity contribution in [2.24, 2.45) is 34.5 Å². The van der Waals surface area contributed by atoms with Gasteiger partial charge < -0.3 is 14.3 Å². The average Bonchev–Trinajstić information content (AvgIpc) is 3.39. The molecule has 4 aliphatic carbocycles. The first-order valence-corrected chi connectivity index (χ1v) is 14.3. The second-order valence-corrected chi connectivity index (χ2v) is 12.8. The highest BCUT2D eigenvalue weighted by Gasteiger charge is 2.71. The number of nitrogens with zero attached hydrogens (tertiary/aromatic N) is 1. The number of rotatable bonds is 4. The average molecular weight is 578 g/mol. The number of hydrogen-bond donors (Lipinski definition) is 1. The summed E-state index contributed by atoms with van der Waals surface area (Å²) < 4.78 is 50.2. The van der Waals surface area contributed by atoms with Gasteiger partial charge in [-0.05, 0) is 62.0 Å². The van der Waals surface area contributed by atoms with E-state index in [1.807, 2.05) is 19.1 Å². The van der Waals surface area contributed by atoms with Crippen LogP contribution in [0.25, 0.3) is 0 Å². The summed E-state index contributed by atoms with van der Waals surface area (Å²) in [5, 5.41) is 18.7. The Bertz CT molecular complexity index is 1370. The quantitative estimate of drug-likeness (QED) is 0.418. The van der Waals surface area contributed by atoms with Crippen LogP contribution in [0.15, 0.2) is 34.3 Å². The third-order valence-corrected chi connectivity index (χ3v) is 10.9. The van der Waals surface area contributed by atoms with E-state index in [9.17, 15) is 37.9 Å². The monoisotopic (exact) mass is 577 g/mol. The molecule has 1 aromatic heterocycles. The largest absolute Gasteiger partial charge is 0.504 e. The van der Waals surface area contributed by atoms with E-state index in [-0.39, 0.29) is 34.7 Å². The molecule has 0 unspecified atom stereocenters. The molecule has 3 fully saturated rings. The number of fused-ring (bicyclic) bond motifs is 5. The van der Waals surface area contributed by atoms with Crippen LogP contribution < -0.4 is 0 Å². The maximum absolute atomic E-state index is 13.9. The van der Waals surface area contributed by atoms with Gasteiger partial charge >= 0.3 is 12.1 Å². The zero-order chi connectivity index (χ0) is 29.3. The molecule has 214 valence electrons. The van der Waals surface area contributed by atoms with E-state index in [1.165, 1.54) is 0 Å². The first kappa shape index (κ1) is 28.5. The van der Waals surface area contributed by atoms with Crippen LogP contribution in [0, 0.1) is 45.8 Å². The highest BCUT2D eigenvalue weighted by atomic mass is 32.2. The summed E-state index contributed by atoms with van der Waals surface area (Å²) >= 11 is 0.720. The Morgan fingerprint density at radius 2 is 2.00 bits per heavy atom. The van der Waals surface area contributed by atoms with Crippen LogP contribution in [0.4, 0.5) is 13.2 Å². The van der Waals surface area contributed by atoms with Crippen molar-refractivity contribution in [3.8, 4) is 11.8 Å². The standard InChI is InChI=1S/C29H30F3NO6S/c1-15-12-20-18-5-4-16-13-17(34)6-8-26(16,2)19(18)7-9-27(20,3)28(15,25(37)40-11-10-33)39-24(36)23-21(35)14-22(38-23)29(30,31)32/h6,8,13-15,18-20,35H,4-5,7,9,11-12H2,1-3H3/t15-,18-,19+,20+,26+,27+,28+/m1/s1. The molecule has 0 aromatic carbocycles. The van der Waals surface area contributed by atoms with Crippen LogP contribution in [-0.4, -0.2) is 33.3 Å². The van der Waals surface area contributed by atoms with Crippen LogP contribution >= 0.6 is 11.8 Å². The molecular weight excluding hydrogens is 547 g/mol. The van der Waals surface area contributed by atoms with Gasteiger partial charge in [0.05, 0.1) is 11.8 Å². The van der Waals surface area contributed by atoms with Gasteiger partial charge in [-0.1, -0.05) is 44.2 Å². The molecule has 0 aliphatic heterocycles. The maximum atomic E-state index is 13.9. The van der Waals surface area contributed by atoms with Gasteiger partial charge in [0.2, 0.25) is 10.9 Å². The predicted molar refractivity (Wildman–Crippen MR) is 138 cm³/mol. The van der Waals surface area contributed by atoms with Crippen molar-refractivity contribution in [1.29, 1.82) is 5.26 Å². The zero-order valence-electron chi connectivity index (χ0n) is 22.3. The van der Waals surface area contributed by atoms with Crippen molar-refractivity contribution in [2.75, 3.05) is 5.75 Å². The van der Waals surface area contributed by atoms with Crippen molar-refractivity contribution in [2.45, 2.75) is 64.7 Å². The van der Waals surface area contributed by atoms with E-state index >= 15 is 0 Å². The number of halogens is 3. The number of allylic oxidation sites excluding steroid dienone is 4. The predicted octanol–water partition coefficient (Wildman–Crippen LogP) is 6.24. The lowest BCUT2D eigenvalue weighted by molar-refractivity contribution is -0.161. The summed E-state index contributed by atoms with van der Waals surface area (Å²) in [6.07, 6.45) is 3.58. The normalized spacial score (nSPS) is 36.6. The van der Waals surface area contributed by atoms with E-state index in [0.717, 1.165) is 30.2 Å². The van der Waals surface area contributed by atoms with Crippen LogP contribution in [0.3, 0.4) is 0 Å². The van der Waals surface area contributed by atoms with Crippen molar-refractivity contribution >= 4 is 28.6 Å². The molecule has 0 saturated heterocycles. The number of ketones is 1. The van der Waals surface area contributed by atoms with Gasteiger partial charge in [0.1, 0.15) is 0 Å². The van der Waals surface area contributed by atoms with E-state index in [4.69, 9.17) is 4.74 Å². The summed E-state index contributed by atoms with van der Waals surface area (Å²) in [6, 6.07) is 2.22. The molecule has 1 N–H and O–H groups in total. The Hall–Kier alpha value is -3.00. The topological polar surface area (TPSA) is 118 Å². The number of carbonyl (C=O) groups excluding carboxylic acids is 3. The third kappa shape index (κ3) is 4.05. The molecule has 5 rings (SSSR count). The SMILES string of the molecule is C[C@@H]1C[C@H]2[C@@H]3CCC4=CC(=O)C=C[C@]4(C)[C@H]3CC[C@]2(C)[C@@]1(OC(=O)c1oc(C(F)(F)F)cc1O)C(=O)SCC#N. The molecule has 3 saturated carbocycles. The number of aromatic hydroxyl groups is 1. The van der Waals surface area contributed by atoms with Crippen molar-refractivity contribution in [3.63, 3.8) is 0 Å². The number of carbonyl (C=O) groups is 3. The van der Waals surface area contributed by atoms with E-state index in [1.54, 1.807) is 19.1 Å². The molecular formula is C29H30F3NO6S. The van der Waals surface area contributed by atoms with Gasteiger partial charge in [-0.2, -0.15) is 18.4 Å². The highest BCUT2D eigenvalue weighted by Crippen LogP contribution is 2.69. The number of thioether (sulfide) groups is 1. The fourth-order valence-corrected chi connectivity index (χ4v) is 9.17. The Kier molecular flexibility index (Phi) is 6.80. The second kappa shape index (κ2) is 9.54. The molecule has 1 heterocycles. The fourth-order valence-electron chi connectivity index (χ4n) is 8.28. The lowest BCUT2D eigenvalue weighted by Crippen LogP contribution is -2.60. The first-order chi connectivity index (χ1) is 18.7. The van der Waals surface area contributed by atoms with Crippen LogP contribution in [0.2, 0.25) is 0 Å². The van der Waals surface area contributed by atoms with Crippen molar-refractivity contribution < 1.29 is 41.8 Å². The summed E-state index contributed by atoms with van der Waals surface area (Å²) in [6.45, 7) is 5.82. The number of nitriles is 1. The number of ether oxygens (including phenoxy) is 1. The minimum absolute atomic E-state index is 0.0260. The summed E-state index contributed by atoms with van der Waals surface area (Å²) in [4.78, 5) is 39.3. The summed E-state index contributed by atoms with van der Waals surface area (Å²) in [5.74, 6) is -5.42. The van der Waals surface area contributed by atoms with Crippen LogP contribution in [0.5, 0.6) is 5.75 Å². The van der Waals surface area contributed by atoms with Gasteiger partial charge in [-0.25, -0.2) is 4.79 Å². The smallest absolute Gasteiger partial charge is 0.449 e. The lowest BCUT2D eigenvalue weighted by atomic mass is 9.47. The van der Waals surface area contributed by atoms with Gasteiger partial charge in [0, 0.05) is 22.8 Å². The highest BCUT2D eigenvalue weighted by molar-refractivity contribution is 8.14. The van der Waals surface area contributed by atoms with E-state index in [2.05, 4.69) is 11.3 Å². The molecule has 1 aromatic rings. The Morgan fingerprint density at radius 1 is 1.27 bits per heavy atom. The van der Waals surface area contributed by atoms with Crippen LogP contribution in [-0.2, 0) is 20.5 Å². The van der Waals surface area contributed by atoms with Gasteiger partial charge in [-0.15, -0.1) is 0 Å². The number of furan rings is 1. The van der Waals surface area contributed by atoms with Crippen molar-refractivity contribution in [1.82, 2.24) is 0 Å². The molecule has 0 bridgehead atoms. The molecule has 0 spiro atoms. The molecule has 7 atom stereocenters. The lowest BCUT2D eigenvalue weighted by Gasteiger charge is -2.58. The molecule has 0 radical (unpaired) electrons. The van der Waals surface area contributed by atoms with Crippen LogP contribution in [0.1, 0.15) is 69.2 Å². The molecule has 7 nitrogen and oxygen atoms in total. The number of hydrogen-bond acceptors (Lipinski definition) is 8. The summed E-state index contributed by atoms with van der Waals surface area (Å²) in [7, 11) is 0. The van der Waals surface area contributed by atoms with Gasteiger partial charge in [-0.3, -0.25) is 9.59 Å². The third-order valence-electron chi connectivity index (χ3n) is 10.1. The molecule has 40 heavy (non-hydrogen) atoms. The van der Waals surface area contributed by atoms with E-state index in [0.29, 0.717) is 25.3 Å². The first-order valence-electron chi connectivity index (χ1n) is 13.3. The maximum Gasteiger partial charge on any atom is 0.449 e. The molecule has 11 heteroatoms. The Labute approximate surface area is 233 Å².